The quantitative estimate of drug-likeness (QED) is 0.828. The van der Waals surface area contributed by atoms with Gasteiger partial charge in [0.05, 0.1) is 17.9 Å². The van der Waals surface area contributed by atoms with E-state index < -0.39 is 11.6 Å². The molecule has 0 radical (unpaired) electrons. The molecule has 0 spiro atoms. The van der Waals surface area contributed by atoms with Crippen LogP contribution in [0.3, 0.4) is 0 Å². The monoisotopic (exact) mass is 332 g/mol. The van der Waals surface area contributed by atoms with E-state index in [0.717, 1.165) is 0 Å². The molecule has 1 N–H and O–H groups in total. The molecule has 2 heterocycles. The van der Waals surface area contributed by atoms with Crippen molar-refractivity contribution in [2.75, 3.05) is 18.1 Å². The molecule has 1 fully saturated rings. The Bertz CT molecular complexity index is 702. The number of aliphatic hydroxyl groups is 1. The summed E-state index contributed by atoms with van der Waals surface area (Å²) < 4.78 is 5.15. The molecule has 0 aromatic heterocycles. The third kappa shape index (κ3) is 2.11. The van der Waals surface area contributed by atoms with E-state index in [4.69, 9.17) is 9.84 Å². The number of anilines is 1. The average Bonchev–Trinajstić information content (AvgIpc) is 2.91. The Morgan fingerprint density at radius 1 is 1.33 bits per heavy atom. The normalized spacial score (nSPS) is 22.7. The van der Waals surface area contributed by atoms with Gasteiger partial charge in [-0.3, -0.25) is 14.5 Å². The van der Waals surface area contributed by atoms with Gasteiger partial charge in [0.25, 0.3) is 5.91 Å². The SMILES string of the molecule is CC(C)N1C(=O)c2ccccc2N2C(=O)CC[C@]21C(=O)OCCO. The van der Waals surface area contributed by atoms with E-state index in [1.165, 1.54) is 9.80 Å². The van der Waals surface area contributed by atoms with Gasteiger partial charge in [-0.2, -0.15) is 0 Å². The fraction of sp³-hybridized carbons (Fsp3) is 0.471. The molecule has 2 aliphatic heterocycles. The van der Waals surface area contributed by atoms with Crippen molar-refractivity contribution >= 4 is 23.5 Å². The maximum atomic E-state index is 13.0. The number of carbonyl (C=O) groups excluding carboxylic acids is 3. The van der Waals surface area contributed by atoms with E-state index in [1.54, 1.807) is 38.1 Å². The first-order valence-corrected chi connectivity index (χ1v) is 7.99. The molecule has 2 aliphatic rings. The molecule has 1 saturated heterocycles. The number of nitrogens with zero attached hydrogens (tertiary/aromatic N) is 2. The predicted octanol–water partition coefficient (Wildman–Crippen LogP) is 0.909. The van der Waals surface area contributed by atoms with E-state index in [0.29, 0.717) is 11.3 Å². The van der Waals surface area contributed by atoms with Gasteiger partial charge < -0.3 is 14.7 Å². The zero-order valence-corrected chi connectivity index (χ0v) is 13.7. The highest BCUT2D eigenvalue weighted by molar-refractivity contribution is 6.15. The highest BCUT2D eigenvalue weighted by atomic mass is 16.5. The summed E-state index contributed by atoms with van der Waals surface area (Å²) in [7, 11) is 0. The van der Waals surface area contributed by atoms with Gasteiger partial charge in [-0.15, -0.1) is 0 Å². The smallest absolute Gasteiger partial charge is 0.353 e. The number of ether oxygens (including phenoxy) is 1. The minimum absolute atomic E-state index is 0.152. The number of esters is 1. The Labute approximate surface area is 139 Å². The molecule has 1 aromatic rings. The fourth-order valence-corrected chi connectivity index (χ4v) is 3.63. The Morgan fingerprint density at radius 3 is 2.71 bits per heavy atom. The first kappa shape index (κ1) is 16.4. The van der Waals surface area contributed by atoms with Crippen molar-refractivity contribution in [3.05, 3.63) is 29.8 Å². The second kappa shape index (κ2) is 5.90. The van der Waals surface area contributed by atoms with E-state index in [-0.39, 0.29) is 43.9 Å². The number of carbonyl (C=O) groups is 3. The summed E-state index contributed by atoms with van der Waals surface area (Å²) >= 11 is 0. The van der Waals surface area contributed by atoms with Crippen LogP contribution in [0.1, 0.15) is 37.0 Å². The molecule has 24 heavy (non-hydrogen) atoms. The molecule has 3 rings (SSSR count). The van der Waals surface area contributed by atoms with Crippen LogP contribution in [0.2, 0.25) is 0 Å². The highest BCUT2D eigenvalue weighted by Crippen LogP contribution is 2.45. The van der Waals surface area contributed by atoms with E-state index >= 15 is 0 Å². The lowest BCUT2D eigenvalue weighted by Crippen LogP contribution is -2.70. The summed E-state index contributed by atoms with van der Waals surface area (Å²) in [6, 6.07) is 6.48. The molecule has 7 nitrogen and oxygen atoms in total. The van der Waals surface area contributed by atoms with Crippen LogP contribution in [0.15, 0.2) is 24.3 Å². The topological polar surface area (TPSA) is 87.2 Å². The first-order chi connectivity index (χ1) is 11.4. The second-order valence-corrected chi connectivity index (χ2v) is 6.19. The number of para-hydroxylation sites is 1. The van der Waals surface area contributed by atoms with Gasteiger partial charge in [0, 0.05) is 18.9 Å². The van der Waals surface area contributed by atoms with E-state index in [2.05, 4.69) is 0 Å². The van der Waals surface area contributed by atoms with Crippen LogP contribution in [0.5, 0.6) is 0 Å². The van der Waals surface area contributed by atoms with Gasteiger partial charge >= 0.3 is 5.97 Å². The van der Waals surface area contributed by atoms with Crippen molar-refractivity contribution in [1.82, 2.24) is 4.90 Å². The minimum Gasteiger partial charge on any atom is -0.460 e. The molecule has 7 heteroatoms. The van der Waals surface area contributed by atoms with Gasteiger partial charge in [0.1, 0.15) is 6.61 Å². The van der Waals surface area contributed by atoms with E-state index in [1.807, 2.05) is 0 Å². The summed E-state index contributed by atoms with van der Waals surface area (Å²) in [5.41, 5.74) is -0.652. The van der Waals surface area contributed by atoms with Crippen molar-refractivity contribution in [2.24, 2.45) is 0 Å². The fourth-order valence-electron chi connectivity index (χ4n) is 3.63. The number of fused-ring (bicyclic) bond motifs is 3. The van der Waals surface area contributed by atoms with Crippen LogP contribution in [0, 0.1) is 0 Å². The number of hydrogen-bond donors (Lipinski definition) is 1. The van der Waals surface area contributed by atoms with Gasteiger partial charge in [-0.25, -0.2) is 4.79 Å². The van der Waals surface area contributed by atoms with Crippen LogP contribution in [0.4, 0.5) is 5.69 Å². The molecule has 0 saturated carbocycles. The molecular weight excluding hydrogens is 312 g/mol. The van der Waals surface area contributed by atoms with Crippen LogP contribution < -0.4 is 4.90 Å². The number of amides is 2. The standard InChI is InChI=1S/C17H20N2O5/c1-11(2)18-15(22)12-5-3-4-6-13(12)19-14(21)7-8-17(18,19)16(23)24-10-9-20/h3-6,11,20H,7-10H2,1-2H3/t17-/m1/s1. The zero-order valence-electron chi connectivity index (χ0n) is 13.7. The van der Waals surface area contributed by atoms with Gasteiger partial charge in [-0.05, 0) is 26.0 Å². The van der Waals surface area contributed by atoms with Gasteiger partial charge in [0.15, 0.2) is 0 Å². The van der Waals surface area contributed by atoms with Crippen molar-refractivity contribution in [3.8, 4) is 0 Å². The van der Waals surface area contributed by atoms with Crippen molar-refractivity contribution in [1.29, 1.82) is 0 Å². The maximum Gasteiger partial charge on any atom is 0.353 e. The minimum atomic E-state index is -1.48. The van der Waals surface area contributed by atoms with Crippen LogP contribution in [0.25, 0.3) is 0 Å². The summed E-state index contributed by atoms with van der Waals surface area (Å²) in [5, 5.41) is 8.95. The molecule has 128 valence electrons. The van der Waals surface area contributed by atoms with E-state index in [9.17, 15) is 14.4 Å². The van der Waals surface area contributed by atoms with Gasteiger partial charge in [-0.1, -0.05) is 12.1 Å². The predicted molar refractivity (Wildman–Crippen MR) is 85.2 cm³/mol. The lowest BCUT2D eigenvalue weighted by Gasteiger charge is -2.50. The summed E-state index contributed by atoms with van der Waals surface area (Å²) in [6.45, 7) is 3.11. The largest absolute Gasteiger partial charge is 0.460 e. The second-order valence-electron chi connectivity index (χ2n) is 6.19. The highest BCUT2D eigenvalue weighted by Gasteiger charge is 2.62. The average molecular weight is 332 g/mol. The van der Waals surface area contributed by atoms with Crippen LogP contribution in [-0.2, 0) is 14.3 Å². The molecule has 1 aromatic carbocycles. The lowest BCUT2D eigenvalue weighted by atomic mass is 9.95. The number of rotatable bonds is 4. The Kier molecular flexibility index (Phi) is 4.04. The van der Waals surface area contributed by atoms with Crippen LogP contribution >= 0.6 is 0 Å². The number of benzene rings is 1. The molecule has 1 atom stereocenters. The zero-order chi connectivity index (χ0) is 17.5. The summed E-state index contributed by atoms with van der Waals surface area (Å²) in [4.78, 5) is 41.3. The Morgan fingerprint density at radius 2 is 2.04 bits per heavy atom. The summed E-state index contributed by atoms with van der Waals surface area (Å²) in [6.07, 6.45) is 0.327. The molecule has 0 bridgehead atoms. The molecule has 2 amide bonds. The lowest BCUT2D eigenvalue weighted by molar-refractivity contribution is -0.159. The first-order valence-electron chi connectivity index (χ1n) is 7.99. The maximum absolute atomic E-state index is 13.0. The third-order valence-electron chi connectivity index (χ3n) is 4.47. The Balaban J connectivity index is 2.21. The van der Waals surface area contributed by atoms with Crippen molar-refractivity contribution in [2.45, 2.75) is 38.4 Å². The Hall–Kier alpha value is -2.41. The summed E-state index contributed by atoms with van der Waals surface area (Å²) in [5.74, 6) is -1.20. The molecule has 0 aliphatic carbocycles. The number of hydrogen-bond acceptors (Lipinski definition) is 5. The van der Waals surface area contributed by atoms with Crippen molar-refractivity contribution < 1.29 is 24.2 Å². The molecule has 0 unspecified atom stereocenters. The van der Waals surface area contributed by atoms with Crippen molar-refractivity contribution in [3.63, 3.8) is 0 Å². The third-order valence-corrected chi connectivity index (χ3v) is 4.47. The van der Waals surface area contributed by atoms with Gasteiger partial charge in [0.2, 0.25) is 11.6 Å². The molecular formula is C17H20N2O5. The van der Waals surface area contributed by atoms with Crippen LogP contribution in [-0.4, -0.2) is 52.7 Å². The number of aliphatic hydroxyl groups excluding tert-OH is 1.